The zero-order valence-corrected chi connectivity index (χ0v) is 12.7. The Morgan fingerprint density at radius 2 is 1.62 bits per heavy atom. The lowest BCUT2D eigenvalue weighted by Crippen LogP contribution is -2.34. The van der Waals surface area contributed by atoms with Crippen LogP contribution < -0.4 is 10.6 Å². The van der Waals surface area contributed by atoms with Crippen molar-refractivity contribution in [2.45, 2.75) is 32.6 Å². The largest absolute Gasteiger partial charge is 0.327 e. The molecule has 0 aromatic heterocycles. The number of anilines is 2. The van der Waals surface area contributed by atoms with Crippen molar-refractivity contribution in [1.82, 2.24) is 4.90 Å². The Morgan fingerprint density at radius 3 is 2.14 bits per heavy atom. The van der Waals surface area contributed by atoms with Gasteiger partial charge in [-0.25, -0.2) is 4.79 Å². The number of carbonyl (C=O) groups excluding carboxylic acids is 2. The van der Waals surface area contributed by atoms with Crippen LogP contribution in [0, 0.1) is 5.92 Å². The molecular formula is C16H23N3O2. The number of urea groups is 1. The van der Waals surface area contributed by atoms with Crippen LogP contribution in [0.5, 0.6) is 0 Å². The fraction of sp³-hybridized carbons (Fsp3) is 0.500. The number of hydrogen-bond donors (Lipinski definition) is 2. The monoisotopic (exact) mass is 289 g/mol. The molecule has 0 saturated heterocycles. The first-order chi connectivity index (χ1) is 10.0. The lowest BCUT2D eigenvalue weighted by molar-refractivity contribution is -0.114. The van der Waals surface area contributed by atoms with E-state index in [0.29, 0.717) is 5.92 Å². The van der Waals surface area contributed by atoms with Gasteiger partial charge in [0, 0.05) is 31.9 Å². The molecule has 0 unspecified atom stereocenters. The molecule has 1 aromatic carbocycles. The molecule has 0 radical (unpaired) electrons. The van der Waals surface area contributed by atoms with Crippen LogP contribution in [0.15, 0.2) is 24.3 Å². The van der Waals surface area contributed by atoms with E-state index in [2.05, 4.69) is 10.6 Å². The minimum atomic E-state index is -0.108. The number of hydrogen-bond acceptors (Lipinski definition) is 2. The highest BCUT2D eigenvalue weighted by Crippen LogP contribution is 2.25. The lowest BCUT2D eigenvalue weighted by atomic mass is 10.1. The van der Waals surface area contributed by atoms with Gasteiger partial charge in [-0.3, -0.25) is 4.79 Å². The van der Waals surface area contributed by atoms with Crippen LogP contribution in [-0.4, -0.2) is 30.4 Å². The predicted molar refractivity (Wildman–Crippen MR) is 84.4 cm³/mol. The summed E-state index contributed by atoms with van der Waals surface area (Å²) in [6, 6.07) is 7.02. The first-order valence-corrected chi connectivity index (χ1v) is 7.44. The molecule has 0 spiro atoms. The molecule has 2 N–H and O–H groups in total. The molecule has 1 aliphatic rings. The van der Waals surface area contributed by atoms with Crippen LogP contribution >= 0.6 is 0 Å². The highest BCUT2D eigenvalue weighted by molar-refractivity contribution is 5.91. The molecule has 3 amide bonds. The second kappa shape index (κ2) is 7.11. The molecule has 0 bridgehead atoms. The van der Waals surface area contributed by atoms with E-state index in [9.17, 15) is 9.59 Å². The van der Waals surface area contributed by atoms with Gasteiger partial charge in [-0.2, -0.15) is 0 Å². The Balaban J connectivity index is 1.84. The van der Waals surface area contributed by atoms with Gasteiger partial charge in [-0.05, 0) is 43.0 Å². The molecule has 5 heteroatoms. The van der Waals surface area contributed by atoms with Crippen LogP contribution in [0.4, 0.5) is 16.2 Å². The summed E-state index contributed by atoms with van der Waals surface area (Å²) < 4.78 is 0. The Morgan fingerprint density at radius 1 is 1.10 bits per heavy atom. The molecule has 5 nitrogen and oxygen atoms in total. The smallest absolute Gasteiger partial charge is 0.321 e. The average Bonchev–Trinajstić information content (AvgIpc) is 2.93. The Bertz CT molecular complexity index is 493. The summed E-state index contributed by atoms with van der Waals surface area (Å²) in [4.78, 5) is 24.8. The van der Waals surface area contributed by atoms with Crippen molar-refractivity contribution >= 4 is 23.3 Å². The third-order valence-corrected chi connectivity index (χ3v) is 3.81. The van der Waals surface area contributed by atoms with E-state index in [4.69, 9.17) is 0 Å². The predicted octanol–water partition coefficient (Wildman–Crippen LogP) is 3.30. The summed E-state index contributed by atoms with van der Waals surface area (Å²) in [7, 11) is 1.83. The van der Waals surface area contributed by atoms with Gasteiger partial charge in [0.25, 0.3) is 0 Å². The van der Waals surface area contributed by atoms with Crippen LogP contribution in [0.25, 0.3) is 0 Å². The third-order valence-electron chi connectivity index (χ3n) is 3.81. The zero-order chi connectivity index (χ0) is 15.2. The third kappa shape index (κ3) is 4.77. The highest BCUT2D eigenvalue weighted by Gasteiger charge is 2.19. The van der Waals surface area contributed by atoms with E-state index in [1.165, 1.54) is 32.6 Å². The SMILES string of the molecule is CC(=O)Nc1ccc(NC(=O)N(C)CC2CCCC2)cc1. The molecule has 0 atom stereocenters. The molecule has 114 valence electrons. The standard InChI is InChI=1S/C16H23N3O2/c1-12(20)17-14-7-9-15(10-8-14)18-16(21)19(2)11-13-5-3-4-6-13/h7-10,13H,3-6,11H2,1-2H3,(H,17,20)(H,18,21). The maximum absolute atomic E-state index is 12.1. The zero-order valence-electron chi connectivity index (χ0n) is 12.7. The van der Waals surface area contributed by atoms with Crippen molar-refractivity contribution in [1.29, 1.82) is 0 Å². The van der Waals surface area contributed by atoms with Crippen LogP contribution in [0.2, 0.25) is 0 Å². The molecular weight excluding hydrogens is 266 g/mol. The molecule has 21 heavy (non-hydrogen) atoms. The van der Waals surface area contributed by atoms with Gasteiger partial charge in [-0.15, -0.1) is 0 Å². The van der Waals surface area contributed by atoms with Crippen molar-refractivity contribution in [2.24, 2.45) is 5.92 Å². The quantitative estimate of drug-likeness (QED) is 0.893. The van der Waals surface area contributed by atoms with E-state index >= 15 is 0 Å². The Labute approximate surface area is 125 Å². The number of rotatable bonds is 4. The minimum Gasteiger partial charge on any atom is -0.327 e. The molecule has 0 aliphatic heterocycles. The molecule has 0 heterocycles. The van der Waals surface area contributed by atoms with Crippen LogP contribution in [0.1, 0.15) is 32.6 Å². The van der Waals surface area contributed by atoms with E-state index in [0.717, 1.165) is 17.9 Å². The van der Waals surface area contributed by atoms with Gasteiger partial charge in [0.1, 0.15) is 0 Å². The number of amides is 3. The van der Waals surface area contributed by atoms with E-state index < -0.39 is 0 Å². The van der Waals surface area contributed by atoms with Crippen molar-refractivity contribution < 1.29 is 9.59 Å². The van der Waals surface area contributed by atoms with Crippen molar-refractivity contribution in [3.63, 3.8) is 0 Å². The molecule has 1 aliphatic carbocycles. The lowest BCUT2D eigenvalue weighted by Gasteiger charge is -2.21. The summed E-state index contributed by atoms with van der Waals surface area (Å²) in [6.07, 6.45) is 5.02. The summed E-state index contributed by atoms with van der Waals surface area (Å²) in [5, 5.41) is 5.56. The summed E-state index contributed by atoms with van der Waals surface area (Å²) in [5.41, 5.74) is 1.45. The van der Waals surface area contributed by atoms with E-state index in [-0.39, 0.29) is 11.9 Å². The maximum Gasteiger partial charge on any atom is 0.321 e. The molecule has 1 aromatic rings. The fourth-order valence-corrected chi connectivity index (χ4v) is 2.72. The second-order valence-electron chi connectivity index (χ2n) is 5.72. The van der Waals surface area contributed by atoms with Gasteiger partial charge in [0.15, 0.2) is 0 Å². The minimum absolute atomic E-state index is 0.0887. The van der Waals surface area contributed by atoms with Crippen molar-refractivity contribution in [3.8, 4) is 0 Å². The van der Waals surface area contributed by atoms with Gasteiger partial charge in [0.2, 0.25) is 5.91 Å². The second-order valence-corrected chi connectivity index (χ2v) is 5.72. The maximum atomic E-state index is 12.1. The highest BCUT2D eigenvalue weighted by atomic mass is 16.2. The summed E-state index contributed by atoms with van der Waals surface area (Å²) in [6.45, 7) is 2.28. The van der Waals surface area contributed by atoms with E-state index in [1.807, 2.05) is 7.05 Å². The van der Waals surface area contributed by atoms with Gasteiger partial charge in [0.05, 0.1) is 0 Å². The first-order valence-electron chi connectivity index (χ1n) is 7.44. The van der Waals surface area contributed by atoms with Gasteiger partial charge >= 0.3 is 6.03 Å². The van der Waals surface area contributed by atoms with Crippen LogP contribution in [0.3, 0.4) is 0 Å². The number of nitrogens with zero attached hydrogens (tertiary/aromatic N) is 1. The topological polar surface area (TPSA) is 61.4 Å². The van der Waals surface area contributed by atoms with Crippen molar-refractivity contribution in [3.05, 3.63) is 24.3 Å². The van der Waals surface area contributed by atoms with Crippen LogP contribution in [-0.2, 0) is 4.79 Å². The number of nitrogens with one attached hydrogen (secondary N) is 2. The van der Waals surface area contributed by atoms with Gasteiger partial charge < -0.3 is 15.5 Å². The van der Waals surface area contributed by atoms with E-state index in [1.54, 1.807) is 29.2 Å². The number of carbonyl (C=O) groups is 2. The average molecular weight is 289 g/mol. The Hall–Kier alpha value is -2.04. The summed E-state index contributed by atoms with van der Waals surface area (Å²) in [5.74, 6) is 0.533. The number of benzene rings is 1. The fourth-order valence-electron chi connectivity index (χ4n) is 2.72. The van der Waals surface area contributed by atoms with Crippen molar-refractivity contribution in [2.75, 3.05) is 24.2 Å². The first kappa shape index (κ1) is 15.4. The van der Waals surface area contributed by atoms with Gasteiger partial charge in [-0.1, -0.05) is 12.8 Å². The summed E-state index contributed by atoms with van der Waals surface area (Å²) >= 11 is 0. The molecule has 2 rings (SSSR count). The Kier molecular flexibility index (Phi) is 5.20. The normalized spacial score (nSPS) is 14.8. The molecule has 1 fully saturated rings. The molecule has 1 saturated carbocycles.